The van der Waals surface area contributed by atoms with Gasteiger partial charge in [0, 0.05) is 12.8 Å². The van der Waals surface area contributed by atoms with E-state index in [9.17, 15) is 30.0 Å². The molecule has 0 spiro atoms. The second-order valence-electron chi connectivity index (χ2n) is 15.5. The van der Waals surface area contributed by atoms with Crippen LogP contribution in [0.4, 0.5) is 0 Å². The third kappa shape index (κ3) is 29.5. The molecular formula is C47H82O10. The van der Waals surface area contributed by atoms with E-state index in [1.54, 1.807) is 0 Å². The number of aliphatic hydroxyl groups is 4. The SMILES string of the molecule is CCCCC/C=C/C=C/CCCCCCCCCCCCC(=O)OCC(CO[C@H]1O[C@@H](CO)[C@@H](O)C(O)C1O)OC(=O)CC/C=C/C/C=C/CCCCCCCC. The molecule has 0 radical (unpaired) electrons. The van der Waals surface area contributed by atoms with Gasteiger partial charge in [-0.15, -0.1) is 0 Å². The van der Waals surface area contributed by atoms with Gasteiger partial charge in [0.1, 0.15) is 31.0 Å². The summed E-state index contributed by atoms with van der Waals surface area (Å²) in [5.74, 6) is -0.889. The van der Waals surface area contributed by atoms with Crippen molar-refractivity contribution in [2.45, 2.75) is 218 Å². The van der Waals surface area contributed by atoms with Crippen LogP contribution in [0.25, 0.3) is 0 Å². The van der Waals surface area contributed by atoms with Crippen molar-refractivity contribution in [2.75, 3.05) is 19.8 Å². The fraction of sp³-hybridized carbons (Fsp3) is 0.787. The second-order valence-corrected chi connectivity index (χ2v) is 15.5. The zero-order chi connectivity index (χ0) is 41.6. The highest BCUT2D eigenvalue weighted by Crippen LogP contribution is 2.22. The summed E-state index contributed by atoms with van der Waals surface area (Å²) in [6, 6.07) is 0. The van der Waals surface area contributed by atoms with E-state index in [2.05, 4.69) is 50.3 Å². The predicted molar refractivity (Wildman–Crippen MR) is 229 cm³/mol. The van der Waals surface area contributed by atoms with E-state index in [0.717, 1.165) is 38.5 Å². The van der Waals surface area contributed by atoms with Crippen molar-refractivity contribution in [3.05, 3.63) is 48.6 Å². The first kappa shape index (κ1) is 52.7. The molecule has 4 N–H and O–H groups in total. The second kappa shape index (κ2) is 37.9. The summed E-state index contributed by atoms with van der Waals surface area (Å²) >= 11 is 0. The monoisotopic (exact) mass is 807 g/mol. The van der Waals surface area contributed by atoms with Crippen LogP contribution in [0.5, 0.6) is 0 Å². The van der Waals surface area contributed by atoms with Gasteiger partial charge in [-0.3, -0.25) is 9.59 Å². The van der Waals surface area contributed by atoms with Crippen molar-refractivity contribution in [2.24, 2.45) is 0 Å². The summed E-state index contributed by atoms with van der Waals surface area (Å²) < 4.78 is 22.1. The molecule has 10 nitrogen and oxygen atoms in total. The molecule has 0 bridgehead atoms. The smallest absolute Gasteiger partial charge is 0.306 e. The van der Waals surface area contributed by atoms with Crippen molar-refractivity contribution in [3.63, 3.8) is 0 Å². The molecule has 0 aliphatic carbocycles. The number of ether oxygens (including phenoxy) is 4. The molecule has 1 heterocycles. The van der Waals surface area contributed by atoms with Crippen molar-refractivity contribution in [1.29, 1.82) is 0 Å². The summed E-state index contributed by atoms with van der Waals surface area (Å²) in [4.78, 5) is 25.3. The summed E-state index contributed by atoms with van der Waals surface area (Å²) in [7, 11) is 0. The highest BCUT2D eigenvalue weighted by Gasteiger charge is 2.44. The highest BCUT2D eigenvalue weighted by atomic mass is 16.7. The number of carbonyl (C=O) groups excluding carboxylic acids is 2. The third-order valence-electron chi connectivity index (χ3n) is 10.2. The average molecular weight is 807 g/mol. The van der Waals surface area contributed by atoms with Gasteiger partial charge in [0.2, 0.25) is 0 Å². The molecule has 10 heteroatoms. The fourth-order valence-electron chi connectivity index (χ4n) is 6.58. The molecule has 6 atom stereocenters. The zero-order valence-electron chi connectivity index (χ0n) is 35.8. The van der Waals surface area contributed by atoms with E-state index >= 15 is 0 Å². The minimum Gasteiger partial charge on any atom is -0.462 e. The van der Waals surface area contributed by atoms with Gasteiger partial charge >= 0.3 is 11.9 Å². The van der Waals surface area contributed by atoms with Crippen LogP contribution in [0.2, 0.25) is 0 Å². The van der Waals surface area contributed by atoms with Gasteiger partial charge in [-0.1, -0.05) is 159 Å². The van der Waals surface area contributed by atoms with Gasteiger partial charge in [-0.05, 0) is 57.8 Å². The van der Waals surface area contributed by atoms with Crippen LogP contribution in [0.1, 0.15) is 181 Å². The quantitative estimate of drug-likeness (QED) is 0.0207. The van der Waals surface area contributed by atoms with Gasteiger partial charge in [-0.25, -0.2) is 0 Å². The van der Waals surface area contributed by atoms with Crippen LogP contribution in [0.3, 0.4) is 0 Å². The number of aliphatic hydroxyl groups excluding tert-OH is 4. The molecule has 57 heavy (non-hydrogen) atoms. The Bertz CT molecular complexity index is 1070. The molecule has 1 saturated heterocycles. The lowest BCUT2D eigenvalue weighted by Crippen LogP contribution is -2.59. The van der Waals surface area contributed by atoms with E-state index in [0.29, 0.717) is 12.8 Å². The Labute approximate surface area is 346 Å². The van der Waals surface area contributed by atoms with Gasteiger partial charge in [0.25, 0.3) is 0 Å². The molecule has 0 aromatic rings. The molecule has 0 saturated carbocycles. The predicted octanol–water partition coefficient (Wildman–Crippen LogP) is 9.67. The van der Waals surface area contributed by atoms with E-state index in [-0.39, 0.29) is 26.1 Å². The van der Waals surface area contributed by atoms with Crippen molar-refractivity contribution in [1.82, 2.24) is 0 Å². The van der Waals surface area contributed by atoms with Crippen LogP contribution in [0, 0.1) is 0 Å². The Kier molecular flexibility index (Phi) is 35.0. The van der Waals surface area contributed by atoms with Crippen LogP contribution >= 0.6 is 0 Å². The number of rotatable bonds is 37. The first-order valence-electron chi connectivity index (χ1n) is 22.7. The van der Waals surface area contributed by atoms with Gasteiger partial charge in [0.05, 0.1) is 13.2 Å². The Balaban J connectivity index is 2.33. The maximum atomic E-state index is 12.7. The van der Waals surface area contributed by atoms with Crippen LogP contribution in [-0.2, 0) is 28.5 Å². The number of allylic oxidation sites excluding steroid dienone is 8. The van der Waals surface area contributed by atoms with Crippen LogP contribution in [0.15, 0.2) is 48.6 Å². The molecule has 1 aliphatic rings. The molecule has 0 aromatic heterocycles. The molecule has 1 aliphatic heterocycles. The first-order chi connectivity index (χ1) is 27.8. The fourth-order valence-corrected chi connectivity index (χ4v) is 6.58. The van der Waals surface area contributed by atoms with E-state index < -0.39 is 55.4 Å². The Morgan fingerprint density at radius 3 is 1.67 bits per heavy atom. The van der Waals surface area contributed by atoms with Crippen LogP contribution < -0.4 is 0 Å². The minimum absolute atomic E-state index is 0.122. The lowest BCUT2D eigenvalue weighted by Gasteiger charge is -2.39. The van der Waals surface area contributed by atoms with Gasteiger partial charge < -0.3 is 39.4 Å². The van der Waals surface area contributed by atoms with E-state index in [4.69, 9.17) is 18.9 Å². The standard InChI is InChI=1S/C47H82O10/c1-3-5-7-9-11-13-15-17-18-19-20-21-22-24-25-27-29-31-33-35-42(49)54-38-40(39-55-47-46(53)45(52)44(51)41(37-48)57-47)56-43(50)36-34-32-30-28-26-23-16-14-12-10-8-6-4-2/h11,13,15,17,23,26,30,32,40-41,44-48,51-53H,3-10,12,14,16,18-22,24-25,27-29,31,33-39H2,1-2H3/b13-11+,17-15+,26-23+,32-30+/t40?,41-,44+,45?,46?,47-/m0/s1. The first-order valence-corrected chi connectivity index (χ1v) is 22.7. The van der Waals surface area contributed by atoms with Crippen molar-refractivity contribution in [3.8, 4) is 0 Å². The summed E-state index contributed by atoms with van der Waals surface area (Å²) in [6.07, 6.45) is 37.0. The number of hydrogen-bond donors (Lipinski definition) is 4. The van der Waals surface area contributed by atoms with Crippen molar-refractivity contribution < 1.29 is 49.0 Å². The molecule has 3 unspecified atom stereocenters. The lowest BCUT2D eigenvalue weighted by atomic mass is 9.99. The number of esters is 2. The number of hydrogen-bond acceptors (Lipinski definition) is 10. The average Bonchev–Trinajstić information content (AvgIpc) is 3.21. The summed E-state index contributed by atoms with van der Waals surface area (Å²) in [5, 5.41) is 40.0. The Hall–Kier alpha value is -2.34. The maximum absolute atomic E-state index is 12.7. The summed E-state index contributed by atoms with van der Waals surface area (Å²) in [5.41, 5.74) is 0. The van der Waals surface area contributed by atoms with Crippen molar-refractivity contribution >= 4 is 11.9 Å². The largest absolute Gasteiger partial charge is 0.462 e. The Morgan fingerprint density at radius 2 is 1.07 bits per heavy atom. The minimum atomic E-state index is -1.60. The van der Waals surface area contributed by atoms with Gasteiger partial charge in [-0.2, -0.15) is 0 Å². The molecule has 0 aromatic carbocycles. The van der Waals surface area contributed by atoms with Gasteiger partial charge in [0.15, 0.2) is 12.4 Å². The maximum Gasteiger partial charge on any atom is 0.306 e. The zero-order valence-corrected chi connectivity index (χ0v) is 35.8. The summed E-state index contributed by atoms with van der Waals surface area (Å²) in [6.45, 7) is 3.32. The third-order valence-corrected chi connectivity index (χ3v) is 10.2. The Morgan fingerprint density at radius 1 is 0.561 bits per heavy atom. The van der Waals surface area contributed by atoms with E-state index in [1.807, 2.05) is 12.2 Å². The lowest BCUT2D eigenvalue weighted by molar-refractivity contribution is -0.305. The topological polar surface area (TPSA) is 152 Å². The molecule has 1 fully saturated rings. The number of unbranched alkanes of at least 4 members (excludes halogenated alkanes) is 19. The molecule has 330 valence electrons. The van der Waals surface area contributed by atoms with Crippen LogP contribution in [-0.4, -0.2) is 89.0 Å². The molecule has 0 amide bonds. The number of carbonyl (C=O) groups is 2. The normalized spacial score (nSPS) is 20.7. The van der Waals surface area contributed by atoms with E-state index in [1.165, 1.54) is 103 Å². The molecular weight excluding hydrogens is 725 g/mol. The highest BCUT2D eigenvalue weighted by molar-refractivity contribution is 5.70. The molecule has 1 rings (SSSR count).